The fourth-order valence-electron chi connectivity index (χ4n) is 2.28. The van der Waals surface area contributed by atoms with E-state index >= 15 is 0 Å². The zero-order valence-corrected chi connectivity index (χ0v) is 12.0. The van der Waals surface area contributed by atoms with Gasteiger partial charge in [-0.1, -0.05) is 30.3 Å². The van der Waals surface area contributed by atoms with Gasteiger partial charge in [0.05, 0.1) is 13.0 Å². The molecule has 0 aliphatic heterocycles. The van der Waals surface area contributed by atoms with Crippen molar-refractivity contribution in [3.63, 3.8) is 0 Å². The van der Waals surface area contributed by atoms with E-state index < -0.39 is 11.8 Å². The van der Waals surface area contributed by atoms with Gasteiger partial charge in [-0.05, 0) is 36.2 Å². The van der Waals surface area contributed by atoms with Gasteiger partial charge >= 0.3 is 0 Å². The van der Waals surface area contributed by atoms with Gasteiger partial charge in [-0.25, -0.2) is 0 Å². The summed E-state index contributed by atoms with van der Waals surface area (Å²) in [6.07, 6.45) is 0. The minimum absolute atomic E-state index is 0.0503. The summed E-state index contributed by atoms with van der Waals surface area (Å²) in [5, 5.41) is 0. The molecule has 0 fully saturated rings. The van der Waals surface area contributed by atoms with Crippen LogP contribution in [0.3, 0.4) is 0 Å². The Labute approximate surface area is 123 Å². The van der Waals surface area contributed by atoms with Gasteiger partial charge in [0, 0.05) is 5.56 Å². The van der Waals surface area contributed by atoms with Crippen LogP contribution in [0, 0.1) is 0 Å². The summed E-state index contributed by atoms with van der Waals surface area (Å²) in [7, 11) is 1.56. The highest BCUT2D eigenvalue weighted by molar-refractivity contribution is 5.95. The van der Waals surface area contributed by atoms with E-state index in [2.05, 4.69) is 0 Å². The first-order valence-electron chi connectivity index (χ1n) is 6.57. The standard InChI is InChI=1S/C17H17NO3/c1-11(19)12-5-3-6-13(9-12)16(17(18)20)14-7-4-8-15(10-14)21-2/h3-10,16H,1-2H3,(H2,18,20). The van der Waals surface area contributed by atoms with Crippen molar-refractivity contribution in [2.24, 2.45) is 5.73 Å². The number of hydrogen-bond donors (Lipinski definition) is 1. The number of carbonyl (C=O) groups excluding carboxylic acids is 2. The lowest BCUT2D eigenvalue weighted by atomic mass is 9.89. The van der Waals surface area contributed by atoms with Crippen LogP contribution in [0.15, 0.2) is 48.5 Å². The van der Waals surface area contributed by atoms with Crippen LogP contribution in [-0.4, -0.2) is 18.8 Å². The molecule has 2 aromatic carbocycles. The monoisotopic (exact) mass is 283 g/mol. The van der Waals surface area contributed by atoms with Crippen LogP contribution in [0.4, 0.5) is 0 Å². The van der Waals surface area contributed by atoms with Crippen molar-refractivity contribution < 1.29 is 14.3 Å². The fraction of sp³-hybridized carbons (Fsp3) is 0.176. The molecule has 21 heavy (non-hydrogen) atoms. The molecular formula is C17H17NO3. The number of methoxy groups -OCH3 is 1. The SMILES string of the molecule is COc1cccc(C(C(N)=O)c2cccc(C(C)=O)c2)c1. The second-order valence-electron chi connectivity index (χ2n) is 4.79. The number of Topliss-reactive ketones (excluding diaryl/α,β-unsaturated/α-hetero) is 1. The van der Waals surface area contributed by atoms with Crippen molar-refractivity contribution in [2.75, 3.05) is 7.11 Å². The van der Waals surface area contributed by atoms with E-state index in [0.717, 1.165) is 5.56 Å². The Morgan fingerprint density at radius 3 is 2.24 bits per heavy atom. The normalized spacial score (nSPS) is 11.7. The number of benzene rings is 2. The quantitative estimate of drug-likeness (QED) is 0.857. The molecule has 0 aliphatic carbocycles. The summed E-state index contributed by atoms with van der Waals surface area (Å²) in [4.78, 5) is 23.4. The Kier molecular flexibility index (Phi) is 4.38. The largest absolute Gasteiger partial charge is 0.497 e. The maximum absolute atomic E-state index is 11.9. The van der Waals surface area contributed by atoms with Crippen LogP contribution in [0.2, 0.25) is 0 Å². The summed E-state index contributed by atoms with van der Waals surface area (Å²) in [5.41, 5.74) is 7.55. The number of ether oxygens (including phenoxy) is 1. The number of ketones is 1. The van der Waals surface area contributed by atoms with Crippen LogP contribution in [0.25, 0.3) is 0 Å². The molecule has 4 heteroatoms. The van der Waals surface area contributed by atoms with Gasteiger partial charge in [0.2, 0.25) is 5.91 Å². The highest BCUT2D eigenvalue weighted by atomic mass is 16.5. The van der Waals surface area contributed by atoms with Gasteiger partial charge in [-0.2, -0.15) is 0 Å². The lowest BCUT2D eigenvalue weighted by Crippen LogP contribution is -2.22. The predicted octanol–water partition coefficient (Wildman–Crippen LogP) is 2.52. The number of hydrogen-bond acceptors (Lipinski definition) is 3. The predicted molar refractivity (Wildman–Crippen MR) is 80.5 cm³/mol. The summed E-state index contributed by atoms with van der Waals surface area (Å²) < 4.78 is 5.18. The number of primary amides is 1. The minimum Gasteiger partial charge on any atom is -0.497 e. The van der Waals surface area contributed by atoms with Crippen LogP contribution in [0.1, 0.15) is 34.3 Å². The van der Waals surface area contributed by atoms with Crippen LogP contribution in [0.5, 0.6) is 5.75 Å². The zero-order valence-electron chi connectivity index (χ0n) is 12.0. The van der Waals surface area contributed by atoms with Crippen molar-refractivity contribution in [1.29, 1.82) is 0 Å². The molecule has 0 saturated heterocycles. The maximum Gasteiger partial charge on any atom is 0.229 e. The fourth-order valence-corrected chi connectivity index (χ4v) is 2.28. The third kappa shape index (κ3) is 3.28. The Morgan fingerprint density at radius 2 is 1.67 bits per heavy atom. The molecule has 0 spiro atoms. The van der Waals surface area contributed by atoms with E-state index in [1.54, 1.807) is 49.6 Å². The van der Waals surface area contributed by atoms with Gasteiger partial charge in [-0.3, -0.25) is 9.59 Å². The average molecular weight is 283 g/mol. The number of nitrogens with two attached hydrogens (primary N) is 1. The van der Waals surface area contributed by atoms with Crippen LogP contribution >= 0.6 is 0 Å². The lowest BCUT2D eigenvalue weighted by Gasteiger charge is -2.16. The molecule has 0 heterocycles. The zero-order chi connectivity index (χ0) is 15.4. The van der Waals surface area contributed by atoms with Gasteiger partial charge < -0.3 is 10.5 Å². The molecule has 2 aromatic rings. The Morgan fingerprint density at radius 1 is 1.05 bits per heavy atom. The van der Waals surface area contributed by atoms with Gasteiger partial charge in [0.15, 0.2) is 5.78 Å². The highest BCUT2D eigenvalue weighted by Crippen LogP contribution is 2.27. The first-order valence-corrected chi connectivity index (χ1v) is 6.57. The first kappa shape index (κ1) is 14.8. The van der Waals surface area contributed by atoms with E-state index in [-0.39, 0.29) is 5.78 Å². The molecule has 4 nitrogen and oxygen atoms in total. The molecule has 0 bridgehead atoms. The van der Waals surface area contributed by atoms with Crippen LogP contribution in [-0.2, 0) is 4.79 Å². The first-order chi connectivity index (χ1) is 10.0. The van der Waals surface area contributed by atoms with Gasteiger partial charge in [0.25, 0.3) is 0 Å². The van der Waals surface area contributed by atoms with E-state index in [9.17, 15) is 9.59 Å². The van der Waals surface area contributed by atoms with Crippen molar-refractivity contribution >= 4 is 11.7 Å². The molecule has 0 aliphatic rings. The third-order valence-corrected chi connectivity index (χ3v) is 3.34. The van der Waals surface area contributed by atoms with Gasteiger partial charge in [0.1, 0.15) is 5.75 Å². The van der Waals surface area contributed by atoms with Crippen molar-refractivity contribution in [3.05, 3.63) is 65.2 Å². The molecule has 108 valence electrons. The second-order valence-corrected chi connectivity index (χ2v) is 4.79. The van der Waals surface area contributed by atoms with Crippen molar-refractivity contribution in [2.45, 2.75) is 12.8 Å². The van der Waals surface area contributed by atoms with E-state index in [0.29, 0.717) is 16.9 Å². The lowest BCUT2D eigenvalue weighted by molar-refractivity contribution is -0.118. The van der Waals surface area contributed by atoms with Crippen LogP contribution < -0.4 is 10.5 Å². The molecule has 2 rings (SSSR count). The minimum atomic E-state index is -0.612. The smallest absolute Gasteiger partial charge is 0.229 e. The van der Waals surface area contributed by atoms with Crippen molar-refractivity contribution in [1.82, 2.24) is 0 Å². The summed E-state index contributed by atoms with van der Waals surface area (Å²) in [6, 6.07) is 14.2. The van der Waals surface area contributed by atoms with E-state index in [1.165, 1.54) is 6.92 Å². The molecule has 0 saturated carbocycles. The second kappa shape index (κ2) is 6.22. The molecule has 1 amide bonds. The Balaban J connectivity index is 2.50. The third-order valence-electron chi connectivity index (χ3n) is 3.34. The summed E-state index contributed by atoms with van der Waals surface area (Å²) >= 11 is 0. The molecule has 1 unspecified atom stereocenters. The Bertz CT molecular complexity index is 679. The molecule has 0 aromatic heterocycles. The summed E-state index contributed by atoms with van der Waals surface area (Å²) in [5.74, 6) is -0.476. The molecular weight excluding hydrogens is 266 g/mol. The Hall–Kier alpha value is -2.62. The van der Waals surface area contributed by atoms with Gasteiger partial charge in [-0.15, -0.1) is 0 Å². The topological polar surface area (TPSA) is 69.4 Å². The molecule has 2 N–H and O–H groups in total. The van der Waals surface area contributed by atoms with Crippen molar-refractivity contribution in [3.8, 4) is 5.75 Å². The molecule has 1 atom stereocenters. The number of rotatable bonds is 5. The van der Waals surface area contributed by atoms with E-state index in [1.807, 2.05) is 6.07 Å². The molecule has 0 radical (unpaired) electrons. The number of carbonyl (C=O) groups is 2. The maximum atomic E-state index is 11.9. The van der Waals surface area contributed by atoms with E-state index in [4.69, 9.17) is 10.5 Å². The average Bonchev–Trinajstić information content (AvgIpc) is 2.47. The number of amides is 1. The summed E-state index contributed by atoms with van der Waals surface area (Å²) in [6.45, 7) is 1.49. The highest BCUT2D eigenvalue weighted by Gasteiger charge is 2.21.